The molecule has 0 saturated heterocycles. The second kappa shape index (κ2) is 4.61. The van der Waals surface area contributed by atoms with Gasteiger partial charge in [-0.25, -0.2) is 0 Å². The molecule has 2 aromatic rings. The van der Waals surface area contributed by atoms with E-state index in [4.69, 9.17) is 0 Å². The van der Waals surface area contributed by atoms with E-state index >= 15 is 0 Å². The first kappa shape index (κ1) is 11.7. The van der Waals surface area contributed by atoms with Gasteiger partial charge in [0, 0.05) is 18.9 Å². The first-order chi connectivity index (χ1) is 8.07. The van der Waals surface area contributed by atoms with Gasteiger partial charge in [-0.2, -0.15) is 18.3 Å². The number of hydrogen-bond donors (Lipinski definition) is 0. The molecule has 90 valence electrons. The minimum atomic E-state index is -4.29. The van der Waals surface area contributed by atoms with Gasteiger partial charge in [-0.3, -0.25) is 4.68 Å². The van der Waals surface area contributed by atoms with Gasteiger partial charge in [0.1, 0.15) is 0 Å². The summed E-state index contributed by atoms with van der Waals surface area (Å²) in [5.74, 6) is 0. The number of benzene rings is 1. The Balaban J connectivity index is 2.16. The van der Waals surface area contributed by atoms with Gasteiger partial charge in [-0.1, -0.05) is 18.2 Å². The Morgan fingerprint density at radius 3 is 2.53 bits per heavy atom. The molecule has 2 rings (SSSR count). The largest absolute Gasteiger partial charge is 0.416 e. The molecular weight excluding hydrogens is 229 g/mol. The van der Waals surface area contributed by atoms with E-state index in [-0.39, 0.29) is 0 Å². The van der Waals surface area contributed by atoms with Gasteiger partial charge in [0.05, 0.1) is 5.56 Å². The van der Waals surface area contributed by atoms with Crippen LogP contribution in [0.25, 0.3) is 0 Å². The fraction of sp³-hybridized carbons (Fsp3) is 0.250. The summed E-state index contributed by atoms with van der Waals surface area (Å²) >= 11 is 0. The zero-order valence-electron chi connectivity index (χ0n) is 8.98. The van der Waals surface area contributed by atoms with Crippen molar-refractivity contribution in [1.82, 2.24) is 9.78 Å². The van der Waals surface area contributed by atoms with Crippen LogP contribution in [0.4, 0.5) is 13.2 Å². The van der Waals surface area contributed by atoms with Crippen molar-refractivity contribution in [2.75, 3.05) is 0 Å². The summed E-state index contributed by atoms with van der Waals surface area (Å²) < 4.78 is 39.7. The normalized spacial score (nSPS) is 11.7. The van der Waals surface area contributed by atoms with E-state index in [0.29, 0.717) is 18.5 Å². The summed E-state index contributed by atoms with van der Waals surface area (Å²) in [5.41, 5.74) is -0.261. The van der Waals surface area contributed by atoms with Crippen LogP contribution in [-0.2, 0) is 19.1 Å². The van der Waals surface area contributed by atoms with E-state index < -0.39 is 11.7 Å². The zero-order chi connectivity index (χ0) is 12.3. The summed E-state index contributed by atoms with van der Waals surface area (Å²) in [6.07, 6.45) is -0.635. The Morgan fingerprint density at radius 1 is 1.12 bits per heavy atom. The molecule has 1 aromatic heterocycles. The quantitative estimate of drug-likeness (QED) is 0.805. The monoisotopic (exact) mass is 240 g/mol. The van der Waals surface area contributed by atoms with Crippen molar-refractivity contribution in [2.24, 2.45) is 0 Å². The van der Waals surface area contributed by atoms with Crippen LogP contribution < -0.4 is 0 Å². The Labute approximate surface area is 96.7 Å². The summed E-state index contributed by atoms with van der Waals surface area (Å²) in [6, 6.07) is 7.38. The highest BCUT2D eigenvalue weighted by atomic mass is 19.4. The number of aromatic nitrogens is 2. The highest BCUT2D eigenvalue weighted by Crippen LogP contribution is 2.32. The second-order valence-electron chi connectivity index (χ2n) is 3.67. The van der Waals surface area contributed by atoms with E-state index in [0.717, 1.165) is 6.07 Å². The minimum absolute atomic E-state index is 0.301. The summed E-state index contributed by atoms with van der Waals surface area (Å²) in [6.45, 7) is 0.445. The van der Waals surface area contributed by atoms with Crippen molar-refractivity contribution in [3.05, 3.63) is 53.9 Å². The second-order valence-corrected chi connectivity index (χ2v) is 3.67. The molecule has 2 nitrogen and oxygen atoms in total. The Kier molecular flexibility index (Phi) is 3.17. The van der Waals surface area contributed by atoms with Gasteiger partial charge >= 0.3 is 6.18 Å². The SMILES string of the molecule is FC(F)(F)c1ccccc1CCn1cccn1. The van der Waals surface area contributed by atoms with Crippen LogP contribution in [0.1, 0.15) is 11.1 Å². The summed E-state index contributed by atoms with van der Waals surface area (Å²) in [7, 11) is 0. The van der Waals surface area contributed by atoms with E-state index in [1.165, 1.54) is 12.1 Å². The third-order valence-electron chi connectivity index (χ3n) is 2.49. The van der Waals surface area contributed by atoms with Crippen molar-refractivity contribution >= 4 is 0 Å². The number of halogens is 3. The van der Waals surface area contributed by atoms with Crippen LogP contribution in [0.2, 0.25) is 0 Å². The molecule has 5 heteroatoms. The molecule has 1 aromatic carbocycles. The molecule has 0 amide bonds. The lowest BCUT2D eigenvalue weighted by Crippen LogP contribution is -2.11. The van der Waals surface area contributed by atoms with Crippen LogP contribution in [0.3, 0.4) is 0 Å². The summed E-state index contributed by atoms with van der Waals surface area (Å²) in [5, 5.41) is 3.96. The number of rotatable bonds is 3. The third-order valence-corrected chi connectivity index (χ3v) is 2.49. The number of aryl methyl sites for hydroxylation is 2. The standard InChI is InChI=1S/C12H11F3N2/c13-12(14,15)11-5-2-1-4-10(11)6-9-17-8-3-7-16-17/h1-5,7-8H,6,9H2. The molecular formula is C12H11F3N2. The van der Waals surface area contributed by atoms with Crippen LogP contribution in [0, 0.1) is 0 Å². The maximum Gasteiger partial charge on any atom is 0.416 e. The predicted octanol–water partition coefficient (Wildman–Crippen LogP) is 3.14. The topological polar surface area (TPSA) is 17.8 Å². The molecule has 0 radical (unpaired) electrons. The molecule has 0 spiro atoms. The Hall–Kier alpha value is -1.78. The molecule has 0 aliphatic carbocycles. The maximum absolute atomic E-state index is 12.7. The third kappa shape index (κ3) is 2.87. The molecule has 17 heavy (non-hydrogen) atoms. The number of hydrogen-bond acceptors (Lipinski definition) is 1. The maximum atomic E-state index is 12.7. The lowest BCUT2D eigenvalue weighted by Gasteiger charge is -2.12. The molecule has 0 aliphatic heterocycles. The lowest BCUT2D eigenvalue weighted by molar-refractivity contribution is -0.138. The van der Waals surface area contributed by atoms with Crippen molar-refractivity contribution < 1.29 is 13.2 Å². The van der Waals surface area contributed by atoms with Crippen molar-refractivity contribution in [2.45, 2.75) is 19.1 Å². The molecule has 0 unspecified atom stereocenters. The van der Waals surface area contributed by atoms with Crippen LogP contribution in [0.5, 0.6) is 0 Å². The van der Waals surface area contributed by atoms with Gasteiger partial charge in [0.2, 0.25) is 0 Å². The average molecular weight is 240 g/mol. The van der Waals surface area contributed by atoms with Crippen LogP contribution >= 0.6 is 0 Å². The highest BCUT2D eigenvalue weighted by molar-refractivity contribution is 5.29. The van der Waals surface area contributed by atoms with Crippen molar-refractivity contribution in [3.8, 4) is 0 Å². The fourth-order valence-electron chi connectivity index (χ4n) is 1.68. The fourth-order valence-corrected chi connectivity index (χ4v) is 1.68. The molecule has 0 aliphatic rings. The predicted molar refractivity (Wildman–Crippen MR) is 57.4 cm³/mol. The first-order valence-corrected chi connectivity index (χ1v) is 5.20. The van der Waals surface area contributed by atoms with E-state index in [2.05, 4.69) is 5.10 Å². The molecule has 0 saturated carbocycles. The zero-order valence-corrected chi connectivity index (χ0v) is 8.98. The van der Waals surface area contributed by atoms with Crippen LogP contribution in [0.15, 0.2) is 42.7 Å². The van der Waals surface area contributed by atoms with Gasteiger partial charge in [0.15, 0.2) is 0 Å². The van der Waals surface area contributed by atoms with E-state index in [1.54, 1.807) is 29.2 Å². The molecule has 0 fully saturated rings. The van der Waals surface area contributed by atoms with E-state index in [1.807, 2.05) is 0 Å². The minimum Gasteiger partial charge on any atom is -0.272 e. The van der Waals surface area contributed by atoms with Gasteiger partial charge < -0.3 is 0 Å². The van der Waals surface area contributed by atoms with Crippen molar-refractivity contribution in [3.63, 3.8) is 0 Å². The molecule has 0 atom stereocenters. The average Bonchev–Trinajstić information content (AvgIpc) is 2.78. The number of alkyl halides is 3. The smallest absolute Gasteiger partial charge is 0.272 e. The lowest BCUT2D eigenvalue weighted by atomic mass is 10.0. The van der Waals surface area contributed by atoms with Crippen molar-refractivity contribution in [1.29, 1.82) is 0 Å². The molecule has 0 bridgehead atoms. The number of nitrogens with zero attached hydrogens (tertiary/aromatic N) is 2. The summed E-state index contributed by atoms with van der Waals surface area (Å²) in [4.78, 5) is 0. The Morgan fingerprint density at radius 2 is 1.88 bits per heavy atom. The van der Waals surface area contributed by atoms with E-state index in [9.17, 15) is 13.2 Å². The molecule has 0 N–H and O–H groups in total. The van der Waals surface area contributed by atoms with Gasteiger partial charge in [-0.05, 0) is 24.1 Å². The van der Waals surface area contributed by atoms with Crippen LogP contribution in [-0.4, -0.2) is 9.78 Å². The first-order valence-electron chi connectivity index (χ1n) is 5.20. The highest BCUT2D eigenvalue weighted by Gasteiger charge is 2.32. The van der Waals surface area contributed by atoms with Gasteiger partial charge in [-0.15, -0.1) is 0 Å². The Bertz CT molecular complexity index is 475. The van der Waals surface area contributed by atoms with Gasteiger partial charge in [0.25, 0.3) is 0 Å². The molecule has 1 heterocycles.